The number of methoxy groups -OCH3 is 1. The normalized spacial score (nSPS) is 15.8. The maximum atomic E-state index is 10.9. The number of rotatable bonds is 10. The van der Waals surface area contributed by atoms with E-state index >= 15 is 0 Å². The molecule has 0 saturated heterocycles. The first-order chi connectivity index (χ1) is 8.49. The fourth-order valence-corrected chi connectivity index (χ4v) is 1.09. The fourth-order valence-electron chi connectivity index (χ4n) is 1.09. The highest BCUT2D eigenvalue weighted by molar-refractivity contribution is 5.86. The van der Waals surface area contributed by atoms with Crippen LogP contribution in [0.25, 0.3) is 0 Å². The van der Waals surface area contributed by atoms with Crippen LogP contribution in [-0.4, -0.2) is 51.1 Å². The fraction of sp³-hybridized carbons (Fsp3) is 0.769. The van der Waals surface area contributed by atoms with Crippen LogP contribution in [0.1, 0.15) is 20.8 Å². The molecule has 0 heterocycles. The average molecular weight is 259 g/mol. The summed E-state index contributed by atoms with van der Waals surface area (Å²) in [5.74, 6) is -0.191. The topological polar surface area (TPSA) is 56.8 Å². The van der Waals surface area contributed by atoms with E-state index in [1.54, 1.807) is 7.11 Å². The van der Waals surface area contributed by atoms with Gasteiger partial charge in [-0.2, -0.15) is 0 Å². The summed E-state index contributed by atoms with van der Waals surface area (Å²) in [5.41, 5.74) is 0. The Balaban J connectivity index is 3.61. The second-order valence-electron chi connectivity index (χ2n) is 4.28. The van der Waals surface area contributed by atoms with Crippen molar-refractivity contribution in [3.8, 4) is 0 Å². The molecule has 0 radical (unpaired) electrons. The summed E-state index contributed by atoms with van der Waals surface area (Å²) in [6, 6.07) is 0. The average Bonchev–Trinajstić information content (AvgIpc) is 2.39. The smallest absolute Gasteiger partial charge is 0.243 e. The highest BCUT2D eigenvalue weighted by Gasteiger charge is 2.09. The van der Waals surface area contributed by atoms with Gasteiger partial charge in [-0.25, -0.2) is 0 Å². The predicted molar refractivity (Wildman–Crippen MR) is 70.5 cm³/mol. The Labute approximate surface area is 109 Å². The molecule has 0 aromatic rings. The van der Waals surface area contributed by atoms with E-state index in [-0.39, 0.29) is 24.2 Å². The molecule has 0 aliphatic carbocycles. The first-order valence-corrected chi connectivity index (χ1v) is 6.15. The van der Waals surface area contributed by atoms with Crippen LogP contribution in [0.2, 0.25) is 0 Å². The highest BCUT2D eigenvalue weighted by atomic mass is 16.6. The van der Waals surface area contributed by atoms with Gasteiger partial charge in [-0.15, -0.1) is 0 Å². The van der Waals surface area contributed by atoms with Gasteiger partial charge < -0.3 is 19.5 Å². The zero-order valence-electron chi connectivity index (χ0n) is 11.8. The van der Waals surface area contributed by atoms with E-state index < -0.39 is 0 Å². The Morgan fingerprint density at radius 3 is 2.28 bits per heavy atom. The first-order valence-electron chi connectivity index (χ1n) is 6.15. The van der Waals surface area contributed by atoms with Crippen molar-refractivity contribution < 1.29 is 19.0 Å². The molecule has 0 spiro atoms. The molecule has 3 atom stereocenters. The number of carbonyl (C=O) groups is 1. The van der Waals surface area contributed by atoms with Gasteiger partial charge in [-0.3, -0.25) is 4.79 Å². The Morgan fingerprint density at radius 2 is 1.72 bits per heavy atom. The maximum Gasteiger partial charge on any atom is 0.243 e. The predicted octanol–water partition coefficient (Wildman–Crippen LogP) is 1.13. The molecule has 0 aliphatic heterocycles. The van der Waals surface area contributed by atoms with Crippen LogP contribution in [0.15, 0.2) is 12.7 Å². The van der Waals surface area contributed by atoms with Crippen LogP contribution in [0.3, 0.4) is 0 Å². The van der Waals surface area contributed by atoms with Crippen molar-refractivity contribution in [3.63, 3.8) is 0 Å². The van der Waals surface area contributed by atoms with Crippen molar-refractivity contribution in [2.75, 3.05) is 26.9 Å². The summed E-state index contributed by atoms with van der Waals surface area (Å²) >= 11 is 0. The minimum atomic E-state index is -0.191. The molecule has 0 rings (SSSR count). The summed E-state index contributed by atoms with van der Waals surface area (Å²) in [5, 5.41) is 2.67. The van der Waals surface area contributed by atoms with E-state index in [1.807, 2.05) is 20.8 Å². The molecule has 5 nitrogen and oxygen atoms in total. The van der Waals surface area contributed by atoms with E-state index in [4.69, 9.17) is 14.2 Å². The molecule has 0 bridgehead atoms. The van der Waals surface area contributed by atoms with E-state index in [0.717, 1.165) is 0 Å². The zero-order chi connectivity index (χ0) is 14.0. The summed E-state index contributed by atoms with van der Waals surface area (Å²) in [6.45, 7) is 10.7. The number of nitrogens with one attached hydrogen (secondary N) is 1. The molecule has 106 valence electrons. The van der Waals surface area contributed by atoms with E-state index in [9.17, 15) is 4.79 Å². The summed E-state index contributed by atoms with van der Waals surface area (Å²) < 4.78 is 16.2. The number of ether oxygens (including phenoxy) is 3. The van der Waals surface area contributed by atoms with Crippen LogP contribution in [0, 0.1) is 0 Å². The van der Waals surface area contributed by atoms with Crippen LogP contribution in [-0.2, 0) is 19.0 Å². The summed E-state index contributed by atoms with van der Waals surface area (Å²) in [6.07, 6.45) is 1.27. The van der Waals surface area contributed by atoms with Gasteiger partial charge in [0, 0.05) is 13.7 Å². The molecule has 0 aromatic carbocycles. The Morgan fingerprint density at radius 1 is 1.17 bits per heavy atom. The first kappa shape index (κ1) is 17.1. The molecule has 0 saturated carbocycles. The third kappa shape index (κ3) is 9.15. The van der Waals surface area contributed by atoms with Gasteiger partial charge >= 0.3 is 0 Å². The van der Waals surface area contributed by atoms with E-state index in [1.165, 1.54) is 6.08 Å². The van der Waals surface area contributed by atoms with Crippen molar-refractivity contribution in [1.29, 1.82) is 0 Å². The molecule has 18 heavy (non-hydrogen) atoms. The zero-order valence-corrected chi connectivity index (χ0v) is 11.8. The minimum absolute atomic E-state index is 0.000144. The molecule has 5 heteroatoms. The number of hydrogen-bond donors (Lipinski definition) is 1. The van der Waals surface area contributed by atoms with Crippen LogP contribution in [0.5, 0.6) is 0 Å². The number of carbonyl (C=O) groups excluding carboxylic acids is 1. The lowest BCUT2D eigenvalue weighted by Crippen LogP contribution is -2.33. The number of amides is 1. The molecule has 3 unspecified atom stereocenters. The van der Waals surface area contributed by atoms with Gasteiger partial charge in [0.05, 0.1) is 31.5 Å². The SMILES string of the molecule is C=CC(=O)NCC(C)OCC(C)OCC(C)OC. The minimum Gasteiger partial charge on any atom is -0.379 e. The van der Waals surface area contributed by atoms with Gasteiger partial charge in [0.15, 0.2) is 0 Å². The van der Waals surface area contributed by atoms with E-state index in [0.29, 0.717) is 19.8 Å². The molecule has 1 N–H and O–H groups in total. The van der Waals surface area contributed by atoms with Gasteiger partial charge in [0.25, 0.3) is 0 Å². The highest BCUT2D eigenvalue weighted by Crippen LogP contribution is 1.99. The van der Waals surface area contributed by atoms with E-state index in [2.05, 4.69) is 11.9 Å². The molecule has 0 fully saturated rings. The Hall–Kier alpha value is -0.910. The standard InChI is InChI=1S/C13H25NO4/c1-6-13(15)14-7-10(2)17-9-12(4)18-8-11(3)16-5/h6,10-12H,1,7-9H2,2-5H3,(H,14,15). The van der Waals surface area contributed by atoms with Crippen molar-refractivity contribution in [2.45, 2.75) is 39.1 Å². The monoisotopic (exact) mass is 259 g/mol. The maximum absolute atomic E-state index is 10.9. The Bertz CT molecular complexity index is 245. The summed E-state index contributed by atoms with van der Waals surface area (Å²) in [7, 11) is 1.65. The van der Waals surface area contributed by atoms with Crippen LogP contribution < -0.4 is 5.32 Å². The third-order valence-corrected chi connectivity index (χ3v) is 2.38. The molecular formula is C13H25NO4. The lowest BCUT2D eigenvalue weighted by atomic mass is 10.3. The van der Waals surface area contributed by atoms with Crippen molar-refractivity contribution in [3.05, 3.63) is 12.7 Å². The molecule has 0 aliphatic rings. The van der Waals surface area contributed by atoms with Gasteiger partial charge in [-0.1, -0.05) is 6.58 Å². The molecular weight excluding hydrogens is 234 g/mol. The Kier molecular flexibility index (Phi) is 9.55. The second kappa shape index (κ2) is 10.1. The largest absolute Gasteiger partial charge is 0.379 e. The molecule has 0 aromatic heterocycles. The summed E-state index contributed by atoms with van der Waals surface area (Å²) in [4.78, 5) is 10.9. The van der Waals surface area contributed by atoms with Crippen LogP contribution in [0.4, 0.5) is 0 Å². The van der Waals surface area contributed by atoms with Gasteiger partial charge in [0.2, 0.25) is 5.91 Å². The van der Waals surface area contributed by atoms with Crippen molar-refractivity contribution in [1.82, 2.24) is 5.32 Å². The lowest BCUT2D eigenvalue weighted by Gasteiger charge is -2.19. The van der Waals surface area contributed by atoms with Gasteiger partial charge in [-0.05, 0) is 26.8 Å². The quantitative estimate of drug-likeness (QED) is 0.598. The molecule has 1 amide bonds. The number of hydrogen-bond acceptors (Lipinski definition) is 4. The van der Waals surface area contributed by atoms with Crippen molar-refractivity contribution >= 4 is 5.91 Å². The van der Waals surface area contributed by atoms with Crippen molar-refractivity contribution in [2.24, 2.45) is 0 Å². The van der Waals surface area contributed by atoms with Gasteiger partial charge in [0.1, 0.15) is 0 Å². The lowest BCUT2D eigenvalue weighted by molar-refractivity contribution is -0.117. The second-order valence-corrected chi connectivity index (χ2v) is 4.28. The third-order valence-electron chi connectivity index (χ3n) is 2.38. The van der Waals surface area contributed by atoms with Crippen LogP contribution >= 0.6 is 0 Å².